The molecule has 2 rings (SSSR count). The van der Waals surface area contributed by atoms with Crippen LogP contribution in [0.5, 0.6) is 0 Å². The van der Waals surface area contributed by atoms with Crippen LogP contribution in [0.25, 0.3) is 0 Å². The summed E-state index contributed by atoms with van der Waals surface area (Å²) < 4.78 is 18.8. The van der Waals surface area contributed by atoms with Crippen LogP contribution in [0.15, 0.2) is 23.7 Å². The van der Waals surface area contributed by atoms with Crippen LogP contribution in [-0.4, -0.2) is 16.6 Å². The third-order valence-electron chi connectivity index (χ3n) is 2.91. The van der Waals surface area contributed by atoms with E-state index in [4.69, 9.17) is 22.7 Å². The smallest absolute Gasteiger partial charge is 0.123 e. The van der Waals surface area contributed by atoms with Crippen molar-refractivity contribution in [2.24, 2.45) is 5.73 Å². The van der Waals surface area contributed by atoms with E-state index in [1.807, 2.05) is 12.4 Å². The average Bonchev–Trinajstić information content (AvgIpc) is 2.81. The summed E-state index contributed by atoms with van der Waals surface area (Å²) in [6.45, 7) is 2.93. The van der Waals surface area contributed by atoms with Crippen LogP contribution < -0.4 is 5.73 Å². The van der Waals surface area contributed by atoms with E-state index in [2.05, 4.69) is 4.98 Å². The van der Waals surface area contributed by atoms with Crippen molar-refractivity contribution in [1.29, 1.82) is 0 Å². The number of aryl methyl sites for hydroxylation is 1. The van der Waals surface area contributed by atoms with Crippen LogP contribution in [-0.2, 0) is 17.8 Å². The number of aromatic nitrogens is 1. The van der Waals surface area contributed by atoms with Gasteiger partial charge < -0.3 is 10.5 Å². The molecule has 20 heavy (non-hydrogen) atoms. The molecule has 0 atom stereocenters. The van der Waals surface area contributed by atoms with Crippen molar-refractivity contribution in [1.82, 2.24) is 4.98 Å². The lowest BCUT2D eigenvalue weighted by molar-refractivity contribution is 0.124. The summed E-state index contributed by atoms with van der Waals surface area (Å²) >= 11 is 6.54. The van der Waals surface area contributed by atoms with Gasteiger partial charge in [0.2, 0.25) is 0 Å². The first-order valence-electron chi connectivity index (χ1n) is 6.13. The Kier molecular flexibility index (Phi) is 5.17. The standard InChI is InChI=1S/C14H15FN2OS2/c1-9-13(20-8-17-9)4-5-18-7-10-2-3-11(15)6-12(10)14(16)19/h2-3,6,8H,4-5,7H2,1H3,(H2,16,19). The summed E-state index contributed by atoms with van der Waals surface area (Å²) in [6.07, 6.45) is 0.820. The second-order valence-electron chi connectivity index (χ2n) is 4.33. The van der Waals surface area contributed by atoms with Gasteiger partial charge in [-0.3, -0.25) is 0 Å². The first-order valence-corrected chi connectivity index (χ1v) is 7.41. The highest BCUT2D eigenvalue weighted by atomic mass is 32.1. The lowest BCUT2D eigenvalue weighted by atomic mass is 10.1. The third-order valence-corrected chi connectivity index (χ3v) is 4.13. The quantitative estimate of drug-likeness (QED) is 0.658. The molecule has 1 aromatic carbocycles. The van der Waals surface area contributed by atoms with E-state index in [-0.39, 0.29) is 10.8 Å². The fourth-order valence-electron chi connectivity index (χ4n) is 1.82. The number of thiazole rings is 1. The van der Waals surface area contributed by atoms with Gasteiger partial charge in [-0.25, -0.2) is 9.37 Å². The lowest BCUT2D eigenvalue weighted by Crippen LogP contribution is -2.13. The van der Waals surface area contributed by atoms with E-state index < -0.39 is 0 Å². The fraction of sp³-hybridized carbons (Fsp3) is 0.286. The van der Waals surface area contributed by atoms with Crippen LogP contribution in [0.1, 0.15) is 21.7 Å². The van der Waals surface area contributed by atoms with Crippen molar-refractivity contribution in [3.05, 3.63) is 51.2 Å². The van der Waals surface area contributed by atoms with Gasteiger partial charge in [-0.1, -0.05) is 18.3 Å². The van der Waals surface area contributed by atoms with Gasteiger partial charge in [0.25, 0.3) is 0 Å². The first-order chi connectivity index (χ1) is 9.58. The molecule has 1 aromatic heterocycles. The van der Waals surface area contributed by atoms with Crippen LogP contribution in [0.3, 0.4) is 0 Å². The Bertz CT molecular complexity index is 613. The highest BCUT2D eigenvalue weighted by Gasteiger charge is 2.07. The number of benzene rings is 1. The Morgan fingerprint density at radius 3 is 2.95 bits per heavy atom. The predicted molar refractivity (Wildman–Crippen MR) is 82.5 cm³/mol. The Hall–Kier alpha value is -1.37. The Morgan fingerprint density at radius 2 is 2.30 bits per heavy atom. The molecule has 0 unspecified atom stereocenters. The van der Waals surface area contributed by atoms with Crippen molar-refractivity contribution >= 4 is 28.5 Å². The van der Waals surface area contributed by atoms with E-state index >= 15 is 0 Å². The Balaban J connectivity index is 1.91. The van der Waals surface area contributed by atoms with Gasteiger partial charge >= 0.3 is 0 Å². The molecule has 0 spiro atoms. The number of halogens is 1. The lowest BCUT2D eigenvalue weighted by Gasteiger charge is -2.09. The third kappa shape index (κ3) is 3.82. The maximum absolute atomic E-state index is 13.2. The second kappa shape index (κ2) is 6.88. The molecular formula is C14H15FN2OS2. The molecule has 0 saturated carbocycles. The molecule has 0 fully saturated rings. The molecule has 0 saturated heterocycles. The van der Waals surface area contributed by atoms with Crippen LogP contribution >= 0.6 is 23.6 Å². The second-order valence-corrected chi connectivity index (χ2v) is 5.71. The van der Waals surface area contributed by atoms with Crippen molar-refractivity contribution in [3.8, 4) is 0 Å². The minimum atomic E-state index is -0.350. The molecule has 2 N–H and O–H groups in total. The van der Waals surface area contributed by atoms with Crippen molar-refractivity contribution in [2.75, 3.05) is 6.61 Å². The molecule has 0 bridgehead atoms. The summed E-state index contributed by atoms with van der Waals surface area (Å²) in [4.78, 5) is 5.59. The highest BCUT2D eigenvalue weighted by Crippen LogP contribution is 2.15. The van der Waals surface area contributed by atoms with Crippen molar-refractivity contribution in [2.45, 2.75) is 20.0 Å². The Morgan fingerprint density at radius 1 is 1.50 bits per heavy atom. The maximum atomic E-state index is 13.2. The number of nitrogens with two attached hydrogens (primary N) is 1. The number of nitrogens with zero attached hydrogens (tertiary/aromatic N) is 1. The zero-order valence-electron chi connectivity index (χ0n) is 11.1. The summed E-state index contributed by atoms with van der Waals surface area (Å²) in [7, 11) is 0. The van der Waals surface area contributed by atoms with Gasteiger partial charge in [0.05, 0.1) is 24.4 Å². The van der Waals surface area contributed by atoms with Crippen LogP contribution in [0.2, 0.25) is 0 Å². The normalized spacial score (nSPS) is 10.7. The molecular weight excluding hydrogens is 295 g/mol. The van der Waals surface area contributed by atoms with Gasteiger partial charge in [-0.05, 0) is 24.6 Å². The monoisotopic (exact) mass is 310 g/mol. The SMILES string of the molecule is Cc1ncsc1CCOCc1ccc(F)cc1C(N)=S. The van der Waals surface area contributed by atoms with Crippen LogP contribution in [0.4, 0.5) is 4.39 Å². The minimum absolute atomic E-state index is 0.182. The average molecular weight is 310 g/mol. The van der Waals surface area contributed by atoms with E-state index in [1.54, 1.807) is 17.4 Å². The van der Waals surface area contributed by atoms with E-state index in [9.17, 15) is 4.39 Å². The molecule has 0 radical (unpaired) electrons. The molecule has 1 heterocycles. The van der Waals surface area contributed by atoms with Gasteiger partial charge in [0.15, 0.2) is 0 Å². The number of rotatable bonds is 6. The number of hydrogen-bond donors (Lipinski definition) is 1. The van der Waals surface area contributed by atoms with Crippen molar-refractivity contribution < 1.29 is 9.13 Å². The molecule has 0 aliphatic rings. The van der Waals surface area contributed by atoms with E-state index in [1.165, 1.54) is 17.0 Å². The first kappa shape index (κ1) is 15.0. The van der Waals surface area contributed by atoms with Gasteiger partial charge in [0, 0.05) is 16.9 Å². The topological polar surface area (TPSA) is 48.1 Å². The van der Waals surface area contributed by atoms with Crippen molar-refractivity contribution in [3.63, 3.8) is 0 Å². The number of hydrogen-bond acceptors (Lipinski definition) is 4. The van der Waals surface area contributed by atoms with Gasteiger partial charge in [-0.2, -0.15) is 0 Å². The largest absolute Gasteiger partial charge is 0.389 e. The van der Waals surface area contributed by atoms with Gasteiger partial charge in [-0.15, -0.1) is 11.3 Å². The van der Waals surface area contributed by atoms with E-state index in [0.717, 1.165) is 17.7 Å². The molecule has 2 aromatic rings. The summed E-state index contributed by atoms with van der Waals surface area (Å²) in [5, 5.41) is 0. The molecule has 0 aliphatic heterocycles. The molecule has 6 heteroatoms. The predicted octanol–water partition coefficient (Wildman–Crippen LogP) is 2.98. The molecule has 0 amide bonds. The molecule has 3 nitrogen and oxygen atoms in total. The maximum Gasteiger partial charge on any atom is 0.123 e. The zero-order valence-corrected chi connectivity index (χ0v) is 12.7. The number of ether oxygens (including phenoxy) is 1. The van der Waals surface area contributed by atoms with Gasteiger partial charge in [0.1, 0.15) is 10.8 Å². The minimum Gasteiger partial charge on any atom is -0.389 e. The molecule has 106 valence electrons. The summed E-state index contributed by atoms with van der Waals surface area (Å²) in [6, 6.07) is 4.38. The highest BCUT2D eigenvalue weighted by molar-refractivity contribution is 7.80. The zero-order chi connectivity index (χ0) is 14.5. The summed E-state index contributed by atoms with van der Waals surface area (Å²) in [5.74, 6) is -0.350. The number of thiocarbonyl (C=S) groups is 1. The van der Waals surface area contributed by atoms with Crippen LogP contribution in [0, 0.1) is 12.7 Å². The molecule has 0 aliphatic carbocycles. The van der Waals surface area contributed by atoms with E-state index in [0.29, 0.717) is 18.8 Å². The fourth-order valence-corrected chi connectivity index (χ4v) is 2.77. The Labute approximate surface area is 126 Å². The summed E-state index contributed by atoms with van der Waals surface area (Å²) in [5.41, 5.74) is 9.80.